The number of benzene rings is 1. The van der Waals surface area contributed by atoms with Crippen molar-refractivity contribution in [1.82, 2.24) is 10.2 Å². The quantitative estimate of drug-likeness (QED) is 0.877. The van der Waals surface area contributed by atoms with E-state index in [4.69, 9.17) is 0 Å². The Hall–Kier alpha value is -0.860. The topological polar surface area (TPSA) is 15.3 Å². The zero-order valence-electron chi connectivity index (χ0n) is 12.3. The predicted octanol–water partition coefficient (Wildman–Crippen LogP) is 2.57. The number of aryl methyl sites for hydroxylation is 1. The van der Waals surface area contributed by atoms with Crippen molar-refractivity contribution in [2.75, 3.05) is 33.2 Å². The number of likely N-dealkylation sites (tertiary alicyclic amines) is 1. The van der Waals surface area contributed by atoms with E-state index in [9.17, 15) is 0 Å². The molecule has 1 aromatic carbocycles. The van der Waals surface area contributed by atoms with Gasteiger partial charge in [0, 0.05) is 12.0 Å². The molecule has 0 spiro atoms. The molecule has 1 N–H and O–H groups in total. The summed E-state index contributed by atoms with van der Waals surface area (Å²) in [5.74, 6) is 0.849. The fraction of sp³-hybridized carbons (Fsp3) is 0.647. The molecule has 0 aliphatic carbocycles. The van der Waals surface area contributed by atoms with E-state index in [0.717, 1.165) is 5.92 Å². The van der Waals surface area contributed by atoms with Crippen LogP contribution in [0.25, 0.3) is 0 Å². The van der Waals surface area contributed by atoms with Crippen LogP contribution in [0.5, 0.6) is 0 Å². The molecular formula is C17H26N2. The molecule has 2 aliphatic heterocycles. The first-order chi connectivity index (χ1) is 9.21. The van der Waals surface area contributed by atoms with Gasteiger partial charge < -0.3 is 10.2 Å². The normalized spacial score (nSPS) is 29.8. The smallest absolute Gasteiger partial charge is 0.0119 e. The molecule has 19 heavy (non-hydrogen) atoms. The van der Waals surface area contributed by atoms with Crippen LogP contribution in [0, 0.1) is 12.8 Å². The minimum Gasteiger partial charge on any atom is -0.316 e. The van der Waals surface area contributed by atoms with Gasteiger partial charge in [-0.3, -0.25) is 0 Å². The van der Waals surface area contributed by atoms with Crippen LogP contribution in [0.2, 0.25) is 0 Å². The molecule has 0 aromatic heterocycles. The lowest BCUT2D eigenvalue weighted by Gasteiger charge is -2.42. The highest BCUT2D eigenvalue weighted by Crippen LogP contribution is 2.42. The molecule has 1 aromatic rings. The van der Waals surface area contributed by atoms with Gasteiger partial charge in [0.15, 0.2) is 0 Å². The molecule has 0 saturated carbocycles. The summed E-state index contributed by atoms with van der Waals surface area (Å²) in [7, 11) is 2.25. The first kappa shape index (κ1) is 13.1. The number of rotatable bonds is 2. The fourth-order valence-electron chi connectivity index (χ4n) is 3.99. The van der Waals surface area contributed by atoms with E-state index < -0.39 is 0 Å². The third kappa shape index (κ3) is 2.44. The van der Waals surface area contributed by atoms with Crippen molar-refractivity contribution in [3.63, 3.8) is 0 Å². The van der Waals surface area contributed by atoms with Crippen molar-refractivity contribution in [3.05, 3.63) is 35.4 Å². The van der Waals surface area contributed by atoms with E-state index in [1.54, 1.807) is 5.56 Å². The lowest BCUT2D eigenvalue weighted by atomic mass is 9.66. The molecule has 3 rings (SSSR count). The van der Waals surface area contributed by atoms with Crippen molar-refractivity contribution in [3.8, 4) is 0 Å². The van der Waals surface area contributed by atoms with Crippen LogP contribution in [-0.2, 0) is 5.41 Å². The van der Waals surface area contributed by atoms with Gasteiger partial charge in [-0.25, -0.2) is 0 Å². The number of nitrogens with zero attached hydrogens (tertiary/aromatic N) is 1. The molecule has 2 heteroatoms. The lowest BCUT2D eigenvalue weighted by molar-refractivity contribution is 0.153. The van der Waals surface area contributed by atoms with Crippen LogP contribution in [0.15, 0.2) is 24.3 Å². The molecule has 2 heterocycles. The Kier molecular flexibility index (Phi) is 3.64. The summed E-state index contributed by atoms with van der Waals surface area (Å²) in [4.78, 5) is 2.47. The van der Waals surface area contributed by atoms with Crippen molar-refractivity contribution in [2.24, 2.45) is 5.92 Å². The Morgan fingerprint density at radius 1 is 1.16 bits per heavy atom. The summed E-state index contributed by atoms with van der Waals surface area (Å²) >= 11 is 0. The summed E-state index contributed by atoms with van der Waals surface area (Å²) in [5, 5.41) is 3.62. The molecule has 2 fully saturated rings. The molecule has 104 valence electrons. The Bertz CT molecular complexity index is 409. The molecule has 0 amide bonds. The van der Waals surface area contributed by atoms with Crippen LogP contribution < -0.4 is 5.32 Å². The second-order valence-electron chi connectivity index (χ2n) is 6.53. The van der Waals surface area contributed by atoms with Crippen LogP contribution in [-0.4, -0.2) is 38.1 Å². The van der Waals surface area contributed by atoms with Gasteiger partial charge in [-0.05, 0) is 64.3 Å². The van der Waals surface area contributed by atoms with Crippen molar-refractivity contribution >= 4 is 0 Å². The average Bonchev–Trinajstić information content (AvgIpc) is 2.91. The Morgan fingerprint density at radius 2 is 1.84 bits per heavy atom. The van der Waals surface area contributed by atoms with Gasteiger partial charge in [0.2, 0.25) is 0 Å². The highest BCUT2D eigenvalue weighted by molar-refractivity contribution is 5.31. The molecule has 1 unspecified atom stereocenters. The largest absolute Gasteiger partial charge is 0.316 e. The number of hydrogen-bond acceptors (Lipinski definition) is 2. The minimum atomic E-state index is 0.398. The highest BCUT2D eigenvalue weighted by Gasteiger charge is 2.43. The molecule has 0 radical (unpaired) electrons. The Balaban J connectivity index is 1.88. The standard InChI is InChI=1S/C17H26N2/c1-14-3-5-15(6-4-14)17(9-10-18-13-17)16-7-11-19(2)12-8-16/h3-6,16,18H,7-13H2,1-2H3. The molecule has 2 saturated heterocycles. The number of hydrogen-bond donors (Lipinski definition) is 1. The SMILES string of the molecule is Cc1ccc(C2(C3CCN(C)CC3)CCNC2)cc1. The summed E-state index contributed by atoms with van der Waals surface area (Å²) in [5.41, 5.74) is 3.33. The molecule has 2 aliphatic rings. The third-order valence-electron chi connectivity index (χ3n) is 5.31. The summed E-state index contributed by atoms with van der Waals surface area (Å²) < 4.78 is 0. The Morgan fingerprint density at radius 3 is 2.42 bits per heavy atom. The van der Waals surface area contributed by atoms with Crippen LogP contribution in [0.3, 0.4) is 0 Å². The molecule has 1 atom stereocenters. The van der Waals surface area contributed by atoms with Gasteiger partial charge in [0.1, 0.15) is 0 Å². The second kappa shape index (κ2) is 5.26. The van der Waals surface area contributed by atoms with E-state index in [1.165, 1.54) is 51.0 Å². The van der Waals surface area contributed by atoms with Crippen LogP contribution >= 0.6 is 0 Å². The van der Waals surface area contributed by atoms with Crippen molar-refractivity contribution in [1.29, 1.82) is 0 Å². The number of piperidine rings is 1. The first-order valence-corrected chi connectivity index (χ1v) is 7.67. The fourth-order valence-corrected chi connectivity index (χ4v) is 3.99. The van der Waals surface area contributed by atoms with Gasteiger partial charge in [0.25, 0.3) is 0 Å². The average molecular weight is 258 g/mol. The van der Waals surface area contributed by atoms with E-state index >= 15 is 0 Å². The van der Waals surface area contributed by atoms with E-state index in [1.807, 2.05) is 0 Å². The predicted molar refractivity (Wildman–Crippen MR) is 80.6 cm³/mol. The lowest BCUT2D eigenvalue weighted by Crippen LogP contribution is -2.43. The van der Waals surface area contributed by atoms with Crippen molar-refractivity contribution < 1.29 is 0 Å². The zero-order valence-corrected chi connectivity index (χ0v) is 12.3. The van der Waals surface area contributed by atoms with Gasteiger partial charge in [-0.2, -0.15) is 0 Å². The van der Waals surface area contributed by atoms with Crippen LogP contribution in [0.4, 0.5) is 0 Å². The maximum atomic E-state index is 3.62. The zero-order chi connectivity index (χ0) is 13.3. The summed E-state index contributed by atoms with van der Waals surface area (Å²) in [6, 6.07) is 9.32. The third-order valence-corrected chi connectivity index (χ3v) is 5.31. The molecular weight excluding hydrogens is 232 g/mol. The van der Waals surface area contributed by atoms with E-state index in [0.29, 0.717) is 5.41 Å². The first-order valence-electron chi connectivity index (χ1n) is 7.67. The number of nitrogens with one attached hydrogen (secondary N) is 1. The van der Waals surface area contributed by atoms with Crippen LogP contribution in [0.1, 0.15) is 30.4 Å². The van der Waals surface area contributed by atoms with Gasteiger partial charge in [0.05, 0.1) is 0 Å². The van der Waals surface area contributed by atoms with E-state index in [-0.39, 0.29) is 0 Å². The second-order valence-corrected chi connectivity index (χ2v) is 6.53. The maximum absolute atomic E-state index is 3.62. The van der Waals surface area contributed by atoms with Gasteiger partial charge in [-0.1, -0.05) is 29.8 Å². The summed E-state index contributed by atoms with van der Waals surface area (Å²) in [6.07, 6.45) is 4.02. The molecule has 0 bridgehead atoms. The Labute approximate surface area is 117 Å². The van der Waals surface area contributed by atoms with Crippen molar-refractivity contribution in [2.45, 2.75) is 31.6 Å². The van der Waals surface area contributed by atoms with E-state index in [2.05, 4.69) is 48.5 Å². The maximum Gasteiger partial charge on any atom is 0.0119 e. The van der Waals surface area contributed by atoms with Gasteiger partial charge in [-0.15, -0.1) is 0 Å². The highest BCUT2D eigenvalue weighted by atomic mass is 15.1. The van der Waals surface area contributed by atoms with Gasteiger partial charge >= 0.3 is 0 Å². The monoisotopic (exact) mass is 258 g/mol. The molecule has 2 nitrogen and oxygen atoms in total. The minimum absolute atomic E-state index is 0.398. The summed E-state index contributed by atoms with van der Waals surface area (Å²) in [6.45, 7) is 7.06.